The SMILES string of the molecule is CCN1CC[N+](CC)(CC)CC1.[Cl-]. The molecule has 80 valence electrons. The summed E-state index contributed by atoms with van der Waals surface area (Å²) in [7, 11) is 0. The van der Waals surface area contributed by atoms with Crippen molar-refractivity contribution in [2.24, 2.45) is 0 Å². The summed E-state index contributed by atoms with van der Waals surface area (Å²) in [5.74, 6) is 0. The summed E-state index contributed by atoms with van der Waals surface area (Å²) in [6.07, 6.45) is 0. The molecule has 0 N–H and O–H groups in total. The molecule has 2 nitrogen and oxygen atoms in total. The summed E-state index contributed by atoms with van der Waals surface area (Å²) in [5, 5.41) is 0. The van der Waals surface area contributed by atoms with Crippen LogP contribution in [0.15, 0.2) is 0 Å². The molecular formula is C10H23ClN2. The molecule has 0 spiro atoms. The first-order valence-electron chi connectivity index (χ1n) is 5.33. The first kappa shape index (κ1) is 13.2. The van der Waals surface area contributed by atoms with Gasteiger partial charge in [0.05, 0.1) is 26.2 Å². The van der Waals surface area contributed by atoms with Crippen LogP contribution in [0.4, 0.5) is 0 Å². The van der Waals surface area contributed by atoms with E-state index in [-0.39, 0.29) is 12.4 Å². The first-order chi connectivity index (χ1) is 5.76. The van der Waals surface area contributed by atoms with Gasteiger partial charge in [-0.15, -0.1) is 0 Å². The zero-order chi connectivity index (χ0) is 9.03. The zero-order valence-corrected chi connectivity index (χ0v) is 9.98. The van der Waals surface area contributed by atoms with E-state index in [1.807, 2.05) is 0 Å². The largest absolute Gasteiger partial charge is 1.00 e. The van der Waals surface area contributed by atoms with Crippen LogP contribution < -0.4 is 12.4 Å². The van der Waals surface area contributed by atoms with Crippen molar-refractivity contribution < 1.29 is 16.9 Å². The molecule has 1 fully saturated rings. The van der Waals surface area contributed by atoms with Crippen LogP contribution in [0.1, 0.15) is 20.8 Å². The Labute approximate surface area is 88.9 Å². The summed E-state index contributed by atoms with van der Waals surface area (Å²) in [6.45, 7) is 16.1. The van der Waals surface area contributed by atoms with Crippen LogP contribution in [0.2, 0.25) is 0 Å². The minimum atomic E-state index is 0. The maximum absolute atomic E-state index is 2.56. The van der Waals surface area contributed by atoms with Crippen molar-refractivity contribution in [3.05, 3.63) is 0 Å². The number of rotatable bonds is 3. The van der Waals surface area contributed by atoms with Crippen molar-refractivity contribution >= 4 is 0 Å². The van der Waals surface area contributed by atoms with E-state index in [9.17, 15) is 0 Å². The summed E-state index contributed by atoms with van der Waals surface area (Å²) >= 11 is 0. The van der Waals surface area contributed by atoms with Crippen molar-refractivity contribution in [3.63, 3.8) is 0 Å². The second-order valence-electron chi connectivity index (χ2n) is 3.86. The Morgan fingerprint density at radius 1 is 1.00 bits per heavy atom. The normalized spacial score (nSPS) is 22.4. The van der Waals surface area contributed by atoms with Gasteiger partial charge in [0.1, 0.15) is 0 Å². The molecule has 1 heterocycles. The molecule has 3 heteroatoms. The Kier molecular flexibility index (Phi) is 5.93. The standard InChI is InChI=1S/C10H23N2.ClH/c1-4-11-7-9-12(5-2,6-3)10-8-11;/h4-10H2,1-3H3;1H/q+1;/p-1. The molecule has 0 amide bonds. The summed E-state index contributed by atoms with van der Waals surface area (Å²) < 4.78 is 1.34. The van der Waals surface area contributed by atoms with Crippen molar-refractivity contribution in [3.8, 4) is 0 Å². The maximum atomic E-state index is 2.56. The van der Waals surface area contributed by atoms with Gasteiger partial charge in [-0.25, -0.2) is 0 Å². The average Bonchev–Trinajstić information content (AvgIpc) is 2.18. The van der Waals surface area contributed by atoms with Crippen LogP contribution in [-0.4, -0.2) is 55.2 Å². The molecule has 13 heavy (non-hydrogen) atoms. The lowest BCUT2D eigenvalue weighted by molar-refractivity contribution is -0.928. The van der Waals surface area contributed by atoms with E-state index in [1.54, 1.807) is 0 Å². The molecule has 1 rings (SSSR count). The lowest BCUT2D eigenvalue weighted by Gasteiger charge is -2.43. The monoisotopic (exact) mass is 206 g/mol. The first-order valence-corrected chi connectivity index (χ1v) is 5.33. The van der Waals surface area contributed by atoms with Gasteiger partial charge in [-0.1, -0.05) is 6.92 Å². The molecule has 0 aliphatic carbocycles. The smallest absolute Gasteiger partial charge is 0.0916 e. The average molecular weight is 207 g/mol. The third kappa shape index (κ3) is 3.12. The van der Waals surface area contributed by atoms with Crippen LogP contribution in [0.25, 0.3) is 0 Å². The number of likely N-dealkylation sites (N-methyl/N-ethyl adjacent to an activating group) is 2. The lowest BCUT2D eigenvalue weighted by atomic mass is 10.2. The minimum absolute atomic E-state index is 0. The number of hydrogen-bond donors (Lipinski definition) is 0. The fourth-order valence-electron chi connectivity index (χ4n) is 2.10. The number of nitrogens with zero attached hydrogens (tertiary/aromatic N) is 2. The molecule has 0 radical (unpaired) electrons. The van der Waals surface area contributed by atoms with Crippen molar-refractivity contribution in [1.82, 2.24) is 4.90 Å². The molecule has 0 aromatic rings. The molecule has 0 aromatic carbocycles. The van der Waals surface area contributed by atoms with Crippen molar-refractivity contribution in [2.75, 3.05) is 45.8 Å². The van der Waals surface area contributed by atoms with E-state index in [4.69, 9.17) is 0 Å². The predicted octanol–water partition coefficient (Wildman–Crippen LogP) is -1.82. The zero-order valence-electron chi connectivity index (χ0n) is 9.22. The van der Waals surface area contributed by atoms with Gasteiger partial charge in [-0.05, 0) is 20.4 Å². The Hall–Kier alpha value is 0.210. The van der Waals surface area contributed by atoms with Gasteiger partial charge in [0, 0.05) is 13.1 Å². The fraction of sp³-hybridized carbons (Fsp3) is 1.00. The van der Waals surface area contributed by atoms with Gasteiger partial charge < -0.3 is 16.9 Å². The van der Waals surface area contributed by atoms with Gasteiger partial charge in [-0.2, -0.15) is 0 Å². The Morgan fingerprint density at radius 3 is 1.77 bits per heavy atom. The fourth-order valence-corrected chi connectivity index (χ4v) is 2.10. The number of piperazine rings is 1. The quantitative estimate of drug-likeness (QED) is 0.492. The minimum Gasteiger partial charge on any atom is -1.00 e. The highest BCUT2D eigenvalue weighted by atomic mass is 35.5. The Balaban J connectivity index is 0.00000144. The molecule has 1 aliphatic heterocycles. The summed E-state index contributed by atoms with van der Waals surface area (Å²) in [5.41, 5.74) is 0. The van der Waals surface area contributed by atoms with E-state index in [0.29, 0.717) is 0 Å². The molecule has 0 saturated carbocycles. The van der Waals surface area contributed by atoms with Crippen LogP contribution in [0.5, 0.6) is 0 Å². The van der Waals surface area contributed by atoms with Crippen LogP contribution in [-0.2, 0) is 0 Å². The highest BCUT2D eigenvalue weighted by Gasteiger charge is 2.28. The Bertz CT molecular complexity index is 125. The van der Waals surface area contributed by atoms with E-state index in [1.165, 1.54) is 50.3 Å². The predicted molar refractivity (Wildman–Crippen MR) is 53.2 cm³/mol. The molecule has 0 unspecified atom stereocenters. The highest BCUT2D eigenvalue weighted by molar-refractivity contribution is 4.61. The van der Waals surface area contributed by atoms with E-state index >= 15 is 0 Å². The summed E-state index contributed by atoms with van der Waals surface area (Å²) in [6, 6.07) is 0. The van der Waals surface area contributed by atoms with E-state index < -0.39 is 0 Å². The van der Waals surface area contributed by atoms with Gasteiger partial charge >= 0.3 is 0 Å². The molecular weight excluding hydrogens is 184 g/mol. The van der Waals surface area contributed by atoms with Gasteiger partial charge in [0.25, 0.3) is 0 Å². The molecule has 0 atom stereocenters. The number of hydrogen-bond acceptors (Lipinski definition) is 1. The number of halogens is 1. The van der Waals surface area contributed by atoms with Gasteiger partial charge in [0.15, 0.2) is 0 Å². The van der Waals surface area contributed by atoms with Crippen LogP contribution in [0.3, 0.4) is 0 Å². The Morgan fingerprint density at radius 2 is 1.46 bits per heavy atom. The highest BCUT2D eigenvalue weighted by Crippen LogP contribution is 2.11. The van der Waals surface area contributed by atoms with Gasteiger partial charge in [0.2, 0.25) is 0 Å². The third-order valence-corrected chi connectivity index (χ3v) is 3.57. The second-order valence-corrected chi connectivity index (χ2v) is 3.86. The molecule has 0 bridgehead atoms. The van der Waals surface area contributed by atoms with E-state index in [0.717, 1.165) is 0 Å². The third-order valence-electron chi connectivity index (χ3n) is 3.57. The molecule has 1 aliphatic rings. The molecule has 1 saturated heterocycles. The topological polar surface area (TPSA) is 3.24 Å². The lowest BCUT2D eigenvalue weighted by Crippen LogP contribution is -3.00. The molecule has 0 aromatic heterocycles. The van der Waals surface area contributed by atoms with E-state index in [2.05, 4.69) is 25.7 Å². The van der Waals surface area contributed by atoms with Gasteiger partial charge in [-0.3, -0.25) is 4.90 Å². The van der Waals surface area contributed by atoms with Crippen LogP contribution >= 0.6 is 0 Å². The van der Waals surface area contributed by atoms with Crippen molar-refractivity contribution in [2.45, 2.75) is 20.8 Å². The maximum Gasteiger partial charge on any atom is 0.0916 e. The van der Waals surface area contributed by atoms with Crippen LogP contribution in [0, 0.1) is 0 Å². The number of quaternary nitrogens is 1. The summed E-state index contributed by atoms with van der Waals surface area (Å²) in [4.78, 5) is 2.56. The second kappa shape index (κ2) is 5.84. The van der Waals surface area contributed by atoms with Crippen molar-refractivity contribution in [1.29, 1.82) is 0 Å².